The number of sulfonamides is 1. The van der Waals surface area contributed by atoms with E-state index >= 15 is 0 Å². The maximum Gasteiger partial charge on any atom is 0.290 e. The molecule has 4 N–H and O–H groups in total. The maximum atomic E-state index is 14.5. The Hall–Kier alpha value is -3.32. The highest BCUT2D eigenvalue weighted by atomic mass is 32.2. The van der Waals surface area contributed by atoms with E-state index in [4.69, 9.17) is 0 Å². The molecule has 1 aromatic carbocycles. The molecule has 12 nitrogen and oxygen atoms in total. The summed E-state index contributed by atoms with van der Waals surface area (Å²) in [6.45, 7) is 9.46. The normalized spacial score (nSPS) is 23.6. The smallest absolute Gasteiger partial charge is 0.290 e. The molecule has 4 amide bonds. The van der Waals surface area contributed by atoms with E-state index in [-0.39, 0.29) is 24.2 Å². The van der Waals surface area contributed by atoms with E-state index in [1.165, 1.54) is 0 Å². The summed E-state index contributed by atoms with van der Waals surface area (Å²) in [5.74, 6) is -3.22. The van der Waals surface area contributed by atoms with E-state index in [2.05, 4.69) is 20.7 Å². The molecule has 0 aromatic heterocycles. The van der Waals surface area contributed by atoms with Gasteiger partial charge in [-0.25, -0.2) is 13.1 Å². The van der Waals surface area contributed by atoms with E-state index in [1.54, 1.807) is 11.8 Å². The molecule has 3 fully saturated rings. The number of Topliss-reactive ketones (excluding diaryl/α,β-unsaturated/α-hetero) is 1. The predicted octanol–water partition coefficient (Wildman–Crippen LogP) is 3.37. The van der Waals surface area contributed by atoms with Crippen molar-refractivity contribution in [3.05, 3.63) is 35.9 Å². The molecule has 3 aliphatic rings. The fraction of sp³-hybridized carbons (Fsp3) is 0.703. The predicted molar refractivity (Wildman–Crippen MR) is 191 cm³/mol. The fourth-order valence-corrected chi connectivity index (χ4v) is 8.80. The molecule has 0 radical (unpaired) electrons. The molecule has 0 bridgehead atoms. The van der Waals surface area contributed by atoms with E-state index < -0.39 is 75.1 Å². The van der Waals surface area contributed by atoms with Crippen LogP contribution in [0.1, 0.15) is 110 Å². The molecular weight excluding hydrogens is 659 g/mol. The van der Waals surface area contributed by atoms with Crippen LogP contribution in [0, 0.1) is 23.2 Å². The number of amides is 4. The first kappa shape index (κ1) is 39.5. The number of nitrogens with one attached hydrogen (secondary N) is 4. The minimum Gasteiger partial charge on any atom is -0.344 e. The second-order valence-electron chi connectivity index (χ2n) is 15.7. The van der Waals surface area contributed by atoms with Crippen LogP contribution in [0.4, 0.5) is 0 Å². The Morgan fingerprint density at radius 1 is 0.900 bits per heavy atom. The Morgan fingerprint density at radius 2 is 1.56 bits per heavy atom. The zero-order valence-corrected chi connectivity index (χ0v) is 31.3. The van der Waals surface area contributed by atoms with Crippen molar-refractivity contribution in [3.63, 3.8) is 0 Å². The topological polar surface area (TPSA) is 171 Å². The highest BCUT2D eigenvalue weighted by Crippen LogP contribution is 2.43. The van der Waals surface area contributed by atoms with E-state index in [0.29, 0.717) is 25.8 Å². The summed E-state index contributed by atoms with van der Waals surface area (Å²) in [4.78, 5) is 70.7. The van der Waals surface area contributed by atoms with Gasteiger partial charge < -0.3 is 20.9 Å². The number of hydrogen-bond donors (Lipinski definition) is 4. The van der Waals surface area contributed by atoms with Crippen LogP contribution in [0.2, 0.25) is 0 Å². The van der Waals surface area contributed by atoms with Crippen molar-refractivity contribution >= 4 is 39.4 Å². The number of nitrogens with zero attached hydrogens (tertiary/aromatic N) is 1. The van der Waals surface area contributed by atoms with Crippen molar-refractivity contribution < 1.29 is 32.4 Å². The monoisotopic (exact) mass is 715 g/mol. The fourth-order valence-electron chi connectivity index (χ4n) is 8.04. The molecule has 2 saturated carbocycles. The second-order valence-corrected chi connectivity index (χ2v) is 17.5. The van der Waals surface area contributed by atoms with Crippen LogP contribution in [-0.4, -0.2) is 79.7 Å². The molecule has 2 aliphatic carbocycles. The highest BCUT2D eigenvalue weighted by molar-refractivity contribution is 7.88. The molecule has 0 spiro atoms. The summed E-state index contributed by atoms with van der Waals surface area (Å²) < 4.78 is 27.2. The maximum absolute atomic E-state index is 14.5. The summed E-state index contributed by atoms with van der Waals surface area (Å²) in [6.07, 6.45) is 8.54. The quantitative estimate of drug-likeness (QED) is 0.214. The van der Waals surface area contributed by atoms with Crippen molar-refractivity contribution in [1.82, 2.24) is 25.6 Å². The standard InChI is InChI=1S/C37H57N5O7S/c1-7-15-28(31(43)35(46)38-23(2)24-16-10-8-11-17-24)39-34(45)30-27-21-14-20-26(27)22-42(30)36(47)32(37(3,4)5)40-33(44)29(41-50(6,48)49)25-18-12-9-13-19-25/h8,10-11,16-17,23,25-30,32,41H,7,9,12-15,18-22H2,1-6H3,(H,38,46)(H,39,45)(H,40,44)/t23-,26-,27-,28-,29-,30-,32+/m0/s1. The summed E-state index contributed by atoms with van der Waals surface area (Å²) in [5, 5.41) is 8.51. The molecule has 1 saturated heterocycles. The third-order valence-corrected chi connectivity index (χ3v) is 11.3. The highest BCUT2D eigenvalue weighted by Gasteiger charge is 2.52. The number of carbonyl (C=O) groups excluding carboxylic acids is 5. The Labute approximate surface area is 297 Å². The van der Waals surface area contributed by atoms with E-state index in [1.807, 2.05) is 58.0 Å². The van der Waals surface area contributed by atoms with Gasteiger partial charge in [-0.05, 0) is 67.8 Å². The third-order valence-electron chi connectivity index (χ3n) is 10.7. The van der Waals surface area contributed by atoms with Crippen molar-refractivity contribution in [1.29, 1.82) is 0 Å². The summed E-state index contributed by atoms with van der Waals surface area (Å²) >= 11 is 0. The van der Waals surface area contributed by atoms with Crippen LogP contribution in [0.15, 0.2) is 30.3 Å². The second kappa shape index (κ2) is 16.8. The van der Waals surface area contributed by atoms with Crippen LogP contribution in [0.3, 0.4) is 0 Å². The third kappa shape index (κ3) is 9.92. The number of hydrogen-bond acceptors (Lipinski definition) is 7. The van der Waals surface area contributed by atoms with Crippen molar-refractivity contribution in [2.24, 2.45) is 23.2 Å². The van der Waals surface area contributed by atoms with Crippen LogP contribution in [-0.2, 0) is 34.0 Å². The first-order valence-electron chi connectivity index (χ1n) is 18.3. The van der Waals surface area contributed by atoms with Crippen LogP contribution >= 0.6 is 0 Å². The van der Waals surface area contributed by atoms with Gasteiger partial charge in [0.1, 0.15) is 18.1 Å². The van der Waals surface area contributed by atoms with Gasteiger partial charge >= 0.3 is 0 Å². The van der Waals surface area contributed by atoms with Gasteiger partial charge in [-0.1, -0.05) is 90.1 Å². The molecule has 0 unspecified atom stereocenters. The summed E-state index contributed by atoms with van der Waals surface area (Å²) in [7, 11) is -3.72. The lowest BCUT2D eigenvalue weighted by Crippen LogP contribution is -2.62. The van der Waals surface area contributed by atoms with Crippen molar-refractivity contribution in [2.75, 3.05) is 12.8 Å². The first-order chi connectivity index (χ1) is 23.5. The average molecular weight is 716 g/mol. The Morgan fingerprint density at radius 3 is 2.16 bits per heavy atom. The van der Waals surface area contributed by atoms with Gasteiger partial charge in [0.15, 0.2) is 0 Å². The number of fused-ring (bicyclic) bond motifs is 1. The molecule has 7 atom stereocenters. The Bertz CT molecular complexity index is 1490. The number of carbonyl (C=O) groups is 5. The Balaban J connectivity index is 1.54. The summed E-state index contributed by atoms with van der Waals surface area (Å²) in [6, 6.07) is 4.86. The van der Waals surface area contributed by atoms with Gasteiger partial charge in [0.25, 0.3) is 5.91 Å². The molecule has 13 heteroatoms. The number of likely N-dealkylation sites (tertiary alicyclic amines) is 1. The molecule has 278 valence electrons. The largest absolute Gasteiger partial charge is 0.344 e. The van der Waals surface area contributed by atoms with Gasteiger partial charge in [0.05, 0.1) is 18.3 Å². The lowest BCUT2D eigenvalue weighted by Gasteiger charge is -2.38. The van der Waals surface area contributed by atoms with Gasteiger partial charge in [-0.3, -0.25) is 24.0 Å². The van der Waals surface area contributed by atoms with Crippen molar-refractivity contribution in [3.8, 4) is 0 Å². The van der Waals surface area contributed by atoms with Crippen LogP contribution < -0.4 is 20.7 Å². The summed E-state index contributed by atoms with van der Waals surface area (Å²) in [5.41, 5.74) is 0.0665. The van der Waals surface area contributed by atoms with Crippen LogP contribution in [0.25, 0.3) is 0 Å². The van der Waals surface area contributed by atoms with Gasteiger partial charge in [0, 0.05) is 6.54 Å². The zero-order valence-electron chi connectivity index (χ0n) is 30.5. The van der Waals surface area contributed by atoms with E-state index in [9.17, 15) is 32.4 Å². The molecule has 1 aromatic rings. The number of benzene rings is 1. The average Bonchev–Trinajstić information content (AvgIpc) is 3.67. The minimum absolute atomic E-state index is 0.0863. The van der Waals surface area contributed by atoms with Crippen LogP contribution in [0.5, 0.6) is 0 Å². The zero-order chi connectivity index (χ0) is 36.8. The molecule has 50 heavy (non-hydrogen) atoms. The van der Waals surface area contributed by atoms with Gasteiger partial charge in [-0.15, -0.1) is 0 Å². The first-order valence-corrected chi connectivity index (χ1v) is 20.2. The minimum atomic E-state index is -3.72. The number of rotatable bonds is 14. The van der Waals surface area contributed by atoms with Gasteiger partial charge in [0.2, 0.25) is 33.5 Å². The molecule has 4 rings (SSSR count). The van der Waals surface area contributed by atoms with Crippen molar-refractivity contribution in [2.45, 2.75) is 129 Å². The molecule has 1 aliphatic heterocycles. The molecule has 1 heterocycles. The Kier molecular flexibility index (Phi) is 13.3. The lowest BCUT2D eigenvalue weighted by molar-refractivity contribution is -0.146. The number of ketones is 1. The van der Waals surface area contributed by atoms with E-state index in [0.717, 1.165) is 50.3 Å². The van der Waals surface area contributed by atoms with Gasteiger partial charge in [-0.2, -0.15) is 0 Å². The lowest BCUT2D eigenvalue weighted by atomic mass is 9.82. The SMILES string of the molecule is CCC[C@H](NC(=O)[C@@H]1[C@H]2CCC[C@H]2CN1C(=O)[C@@H](NC(=O)[C@@H](NS(C)(=O)=O)C1CCCCC1)C(C)(C)C)C(=O)C(=O)N[C@@H](C)c1ccccc1. The molecular formula is C37H57N5O7S.